The number of aliphatic hydroxyl groups is 1. The summed E-state index contributed by atoms with van der Waals surface area (Å²) in [4.78, 5) is 13.5. The van der Waals surface area contributed by atoms with Gasteiger partial charge in [-0.25, -0.2) is 0 Å². The minimum Gasteiger partial charge on any atom is -0.396 e. The lowest BCUT2D eigenvalue weighted by atomic mass is 10.2. The first-order valence-corrected chi connectivity index (χ1v) is 5.36. The Bertz CT molecular complexity index is 179. The molecule has 4 nitrogen and oxygen atoms in total. The van der Waals surface area contributed by atoms with Crippen molar-refractivity contribution < 1.29 is 9.90 Å². The maximum Gasteiger partial charge on any atom is 0.236 e. The van der Waals surface area contributed by atoms with E-state index in [1.165, 1.54) is 0 Å². The van der Waals surface area contributed by atoms with Crippen molar-refractivity contribution >= 4 is 5.91 Å². The van der Waals surface area contributed by atoms with Crippen LogP contribution in [0.1, 0.15) is 26.2 Å². The Morgan fingerprint density at radius 3 is 2.71 bits per heavy atom. The Morgan fingerprint density at radius 2 is 2.14 bits per heavy atom. The molecule has 1 rings (SSSR count). The van der Waals surface area contributed by atoms with E-state index in [1.807, 2.05) is 11.8 Å². The first kappa shape index (κ1) is 11.5. The van der Waals surface area contributed by atoms with Gasteiger partial charge in [0.15, 0.2) is 0 Å². The van der Waals surface area contributed by atoms with Gasteiger partial charge < -0.3 is 15.3 Å². The molecule has 1 aliphatic rings. The molecule has 1 amide bonds. The van der Waals surface area contributed by atoms with E-state index in [0.29, 0.717) is 13.0 Å². The first-order valence-electron chi connectivity index (χ1n) is 5.36. The second-order valence-electron chi connectivity index (χ2n) is 3.88. The molecule has 0 bridgehead atoms. The molecule has 14 heavy (non-hydrogen) atoms. The van der Waals surface area contributed by atoms with Crippen LogP contribution in [-0.4, -0.2) is 48.2 Å². The number of nitrogens with zero attached hydrogens (tertiary/aromatic N) is 1. The molecule has 0 aromatic heterocycles. The number of carbonyl (C=O) groups is 1. The van der Waals surface area contributed by atoms with Crippen molar-refractivity contribution in [3.05, 3.63) is 0 Å². The van der Waals surface area contributed by atoms with Crippen molar-refractivity contribution in [2.45, 2.75) is 32.2 Å². The third-order valence-corrected chi connectivity index (χ3v) is 2.62. The summed E-state index contributed by atoms with van der Waals surface area (Å²) in [5.41, 5.74) is 0. The largest absolute Gasteiger partial charge is 0.396 e. The SMILES string of the molecule is CC(CCO)NCC(=O)N1CCCC1. The maximum absolute atomic E-state index is 11.6. The van der Waals surface area contributed by atoms with E-state index in [-0.39, 0.29) is 18.6 Å². The van der Waals surface area contributed by atoms with Crippen molar-refractivity contribution in [3.63, 3.8) is 0 Å². The van der Waals surface area contributed by atoms with Gasteiger partial charge in [0, 0.05) is 25.7 Å². The maximum atomic E-state index is 11.6. The molecule has 0 aliphatic carbocycles. The lowest BCUT2D eigenvalue weighted by Gasteiger charge is -2.17. The zero-order valence-electron chi connectivity index (χ0n) is 8.83. The number of nitrogens with one attached hydrogen (secondary N) is 1. The Kier molecular flexibility index (Phi) is 4.90. The minimum atomic E-state index is 0.173. The van der Waals surface area contributed by atoms with Gasteiger partial charge in [-0.05, 0) is 26.2 Å². The van der Waals surface area contributed by atoms with E-state index in [2.05, 4.69) is 5.32 Å². The third kappa shape index (κ3) is 3.64. The van der Waals surface area contributed by atoms with Crippen LogP contribution in [0.4, 0.5) is 0 Å². The molecule has 2 N–H and O–H groups in total. The average molecular weight is 200 g/mol. The summed E-state index contributed by atoms with van der Waals surface area (Å²) in [6.07, 6.45) is 2.98. The molecule has 1 saturated heterocycles. The normalized spacial score (nSPS) is 18.6. The number of amides is 1. The average Bonchev–Trinajstić information content (AvgIpc) is 2.67. The molecule has 0 radical (unpaired) electrons. The van der Waals surface area contributed by atoms with Crippen molar-refractivity contribution in [1.29, 1.82) is 0 Å². The van der Waals surface area contributed by atoms with Gasteiger partial charge >= 0.3 is 0 Å². The fraction of sp³-hybridized carbons (Fsp3) is 0.900. The Labute approximate surface area is 85.3 Å². The molecule has 0 spiro atoms. The number of hydrogen-bond donors (Lipinski definition) is 2. The molecule has 0 aromatic rings. The number of aliphatic hydroxyl groups excluding tert-OH is 1. The zero-order chi connectivity index (χ0) is 10.4. The summed E-state index contributed by atoms with van der Waals surface area (Å²) < 4.78 is 0. The van der Waals surface area contributed by atoms with Gasteiger partial charge in [0.1, 0.15) is 0 Å². The van der Waals surface area contributed by atoms with E-state index in [9.17, 15) is 4.79 Å². The highest BCUT2D eigenvalue weighted by molar-refractivity contribution is 5.78. The van der Waals surface area contributed by atoms with Crippen LogP contribution in [0, 0.1) is 0 Å². The molecular weight excluding hydrogens is 180 g/mol. The summed E-state index contributed by atoms with van der Waals surface area (Å²) >= 11 is 0. The topological polar surface area (TPSA) is 52.6 Å². The molecule has 1 atom stereocenters. The second-order valence-corrected chi connectivity index (χ2v) is 3.88. The molecule has 1 fully saturated rings. The van der Waals surface area contributed by atoms with E-state index >= 15 is 0 Å². The predicted octanol–water partition coefficient (Wildman–Crippen LogP) is -0.0307. The predicted molar refractivity (Wildman–Crippen MR) is 55.0 cm³/mol. The fourth-order valence-corrected chi connectivity index (χ4v) is 1.64. The minimum absolute atomic E-state index is 0.173. The van der Waals surface area contributed by atoms with Gasteiger partial charge in [0.25, 0.3) is 0 Å². The highest BCUT2D eigenvalue weighted by atomic mass is 16.3. The van der Waals surface area contributed by atoms with Gasteiger partial charge in [-0.15, -0.1) is 0 Å². The number of hydrogen-bond acceptors (Lipinski definition) is 3. The van der Waals surface area contributed by atoms with Crippen molar-refractivity contribution in [3.8, 4) is 0 Å². The molecule has 82 valence electrons. The van der Waals surface area contributed by atoms with Crippen LogP contribution < -0.4 is 5.32 Å². The molecule has 0 saturated carbocycles. The number of carbonyl (C=O) groups excluding carboxylic acids is 1. The Balaban J connectivity index is 2.13. The van der Waals surface area contributed by atoms with E-state index < -0.39 is 0 Å². The van der Waals surface area contributed by atoms with Crippen molar-refractivity contribution in [1.82, 2.24) is 10.2 Å². The quantitative estimate of drug-likeness (QED) is 0.655. The van der Waals surface area contributed by atoms with Gasteiger partial charge in [-0.2, -0.15) is 0 Å². The molecule has 1 unspecified atom stereocenters. The van der Waals surface area contributed by atoms with Crippen LogP contribution in [0.2, 0.25) is 0 Å². The number of likely N-dealkylation sites (tertiary alicyclic amines) is 1. The summed E-state index contributed by atoms with van der Waals surface area (Å²) in [6.45, 7) is 4.38. The van der Waals surface area contributed by atoms with Crippen LogP contribution in [-0.2, 0) is 4.79 Å². The molecule has 4 heteroatoms. The molecule has 1 aliphatic heterocycles. The zero-order valence-corrected chi connectivity index (χ0v) is 8.83. The summed E-state index contributed by atoms with van der Waals surface area (Å²) in [5, 5.41) is 11.8. The van der Waals surface area contributed by atoms with E-state index in [1.54, 1.807) is 0 Å². The third-order valence-electron chi connectivity index (χ3n) is 2.62. The van der Waals surface area contributed by atoms with Crippen LogP contribution >= 0.6 is 0 Å². The summed E-state index contributed by atoms with van der Waals surface area (Å²) in [5.74, 6) is 0.187. The fourth-order valence-electron chi connectivity index (χ4n) is 1.64. The van der Waals surface area contributed by atoms with E-state index in [4.69, 9.17) is 5.11 Å². The first-order chi connectivity index (χ1) is 6.74. The summed E-state index contributed by atoms with van der Waals surface area (Å²) in [7, 11) is 0. The van der Waals surface area contributed by atoms with Gasteiger partial charge in [0.05, 0.1) is 6.54 Å². The second kappa shape index (κ2) is 5.98. The highest BCUT2D eigenvalue weighted by Crippen LogP contribution is 2.06. The smallest absolute Gasteiger partial charge is 0.236 e. The standard InChI is InChI=1S/C10H20N2O2/c1-9(4-7-13)11-8-10(14)12-5-2-3-6-12/h9,11,13H,2-8H2,1H3. The van der Waals surface area contributed by atoms with Gasteiger partial charge in [0.2, 0.25) is 5.91 Å². The van der Waals surface area contributed by atoms with Crippen LogP contribution in [0.15, 0.2) is 0 Å². The molecule has 0 aromatic carbocycles. The molecular formula is C10H20N2O2. The highest BCUT2D eigenvalue weighted by Gasteiger charge is 2.17. The summed E-state index contributed by atoms with van der Waals surface area (Å²) in [6, 6.07) is 0.214. The lowest BCUT2D eigenvalue weighted by Crippen LogP contribution is -2.39. The monoisotopic (exact) mass is 200 g/mol. The van der Waals surface area contributed by atoms with Crippen molar-refractivity contribution in [2.75, 3.05) is 26.2 Å². The Hall–Kier alpha value is -0.610. The Morgan fingerprint density at radius 1 is 1.50 bits per heavy atom. The van der Waals surface area contributed by atoms with Crippen LogP contribution in [0.5, 0.6) is 0 Å². The number of rotatable bonds is 5. The van der Waals surface area contributed by atoms with Crippen molar-refractivity contribution in [2.24, 2.45) is 0 Å². The van der Waals surface area contributed by atoms with Crippen LogP contribution in [0.25, 0.3) is 0 Å². The van der Waals surface area contributed by atoms with E-state index in [0.717, 1.165) is 25.9 Å². The van der Waals surface area contributed by atoms with Crippen LogP contribution in [0.3, 0.4) is 0 Å². The van der Waals surface area contributed by atoms with Gasteiger partial charge in [-0.3, -0.25) is 4.79 Å². The van der Waals surface area contributed by atoms with Gasteiger partial charge in [-0.1, -0.05) is 0 Å². The lowest BCUT2D eigenvalue weighted by molar-refractivity contribution is -0.129. The molecule has 1 heterocycles.